The highest BCUT2D eigenvalue weighted by Crippen LogP contribution is 2.44. The smallest absolute Gasteiger partial charge is 0.387 e. The topological polar surface area (TPSA) is 75.6 Å². The van der Waals surface area contributed by atoms with Gasteiger partial charge >= 0.3 is 12.6 Å². The first kappa shape index (κ1) is 15.2. The van der Waals surface area contributed by atoms with Crippen molar-refractivity contribution in [2.24, 2.45) is 5.41 Å². The van der Waals surface area contributed by atoms with Gasteiger partial charge in [-0.1, -0.05) is 6.42 Å². The SMILES string of the molecule is O=C(CC1(C(=O)O)CCC1)Nc1ccc(OC(F)F)cc1. The van der Waals surface area contributed by atoms with E-state index in [1.54, 1.807) is 0 Å². The van der Waals surface area contributed by atoms with Gasteiger partial charge in [0, 0.05) is 12.1 Å². The lowest BCUT2D eigenvalue weighted by atomic mass is 9.66. The molecule has 1 aliphatic carbocycles. The molecular formula is C14H15F2NO4. The van der Waals surface area contributed by atoms with Crippen molar-refractivity contribution in [2.75, 3.05) is 5.32 Å². The van der Waals surface area contributed by atoms with E-state index in [2.05, 4.69) is 10.1 Å². The largest absolute Gasteiger partial charge is 0.481 e. The van der Waals surface area contributed by atoms with Crippen molar-refractivity contribution in [3.05, 3.63) is 24.3 Å². The van der Waals surface area contributed by atoms with Crippen LogP contribution in [0.25, 0.3) is 0 Å². The Bertz CT molecular complexity index is 526. The van der Waals surface area contributed by atoms with E-state index < -0.39 is 23.9 Å². The van der Waals surface area contributed by atoms with Crippen LogP contribution in [0, 0.1) is 5.41 Å². The van der Waals surface area contributed by atoms with Crippen LogP contribution in [0.3, 0.4) is 0 Å². The molecule has 0 radical (unpaired) electrons. The number of ether oxygens (including phenoxy) is 1. The fourth-order valence-electron chi connectivity index (χ4n) is 2.30. The summed E-state index contributed by atoms with van der Waals surface area (Å²) in [5.41, 5.74) is -0.551. The molecule has 0 heterocycles. The number of amides is 1. The van der Waals surface area contributed by atoms with Crippen molar-refractivity contribution >= 4 is 17.6 Å². The molecule has 0 bridgehead atoms. The van der Waals surface area contributed by atoms with Gasteiger partial charge in [-0.25, -0.2) is 0 Å². The lowest BCUT2D eigenvalue weighted by Crippen LogP contribution is -2.41. The van der Waals surface area contributed by atoms with Gasteiger partial charge in [0.05, 0.1) is 5.41 Å². The van der Waals surface area contributed by atoms with Crippen LogP contribution in [0.15, 0.2) is 24.3 Å². The fourth-order valence-corrected chi connectivity index (χ4v) is 2.30. The van der Waals surface area contributed by atoms with Crippen LogP contribution in [0.5, 0.6) is 5.75 Å². The van der Waals surface area contributed by atoms with Crippen LogP contribution in [0.4, 0.5) is 14.5 Å². The zero-order chi connectivity index (χ0) is 15.5. The highest BCUT2D eigenvalue weighted by atomic mass is 19.3. The first-order valence-electron chi connectivity index (χ1n) is 6.49. The van der Waals surface area contributed by atoms with Gasteiger partial charge in [-0.2, -0.15) is 8.78 Å². The van der Waals surface area contributed by atoms with Gasteiger partial charge in [0.2, 0.25) is 5.91 Å². The second kappa shape index (κ2) is 6.07. The summed E-state index contributed by atoms with van der Waals surface area (Å²) in [6, 6.07) is 5.45. The van der Waals surface area contributed by atoms with Crippen molar-refractivity contribution in [1.29, 1.82) is 0 Å². The standard InChI is InChI=1S/C14H15F2NO4/c15-13(16)21-10-4-2-9(3-5-10)17-11(18)8-14(12(19)20)6-1-7-14/h2-5,13H,1,6-8H2,(H,17,18)(H,19,20). The molecule has 1 aromatic carbocycles. The molecule has 21 heavy (non-hydrogen) atoms. The molecular weight excluding hydrogens is 284 g/mol. The highest BCUT2D eigenvalue weighted by molar-refractivity contribution is 5.94. The lowest BCUT2D eigenvalue weighted by molar-refractivity contribution is -0.157. The Morgan fingerprint density at radius 2 is 1.90 bits per heavy atom. The number of aliphatic carboxylic acids is 1. The van der Waals surface area contributed by atoms with Crippen LogP contribution in [-0.4, -0.2) is 23.6 Å². The monoisotopic (exact) mass is 299 g/mol. The van der Waals surface area contributed by atoms with Crippen LogP contribution < -0.4 is 10.1 Å². The first-order chi connectivity index (χ1) is 9.91. The number of anilines is 1. The predicted molar refractivity (Wildman–Crippen MR) is 70.2 cm³/mol. The Labute approximate surface area is 119 Å². The molecule has 114 valence electrons. The maximum atomic E-state index is 12.0. The van der Waals surface area contributed by atoms with Crippen molar-refractivity contribution in [3.8, 4) is 5.75 Å². The van der Waals surface area contributed by atoms with Gasteiger partial charge in [-0.3, -0.25) is 9.59 Å². The fraction of sp³-hybridized carbons (Fsp3) is 0.429. The molecule has 0 unspecified atom stereocenters. The third-order valence-corrected chi connectivity index (χ3v) is 3.63. The molecule has 1 fully saturated rings. The number of halogens is 2. The molecule has 1 aliphatic rings. The maximum absolute atomic E-state index is 12.0. The molecule has 0 aromatic heterocycles. The Balaban J connectivity index is 1.92. The number of hydrogen-bond donors (Lipinski definition) is 2. The van der Waals surface area contributed by atoms with Crippen molar-refractivity contribution in [1.82, 2.24) is 0 Å². The number of carboxylic acid groups (broad SMARTS) is 1. The van der Waals surface area contributed by atoms with Crippen LogP contribution in [0.1, 0.15) is 25.7 Å². The maximum Gasteiger partial charge on any atom is 0.387 e. The average molecular weight is 299 g/mol. The highest BCUT2D eigenvalue weighted by Gasteiger charge is 2.45. The Kier molecular flexibility index (Phi) is 4.40. The quantitative estimate of drug-likeness (QED) is 0.847. The summed E-state index contributed by atoms with van der Waals surface area (Å²) >= 11 is 0. The van der Waals surface area contributed by atoms with Crippen molar-refractivity contribution in [3.63, 3.8) is 0 Å². The summed E-state index contributed by atoms with van der Waals surface area (Å²) in [6.07, 6.45) is 1.71. The molecule has 0 spiro atoms. The third kappa shape index (κ3) is 3.68. The molecule has 7 heteroatoms. The molecule has 1 amide bonds. The number of rotatable bonds is 6. The molecule has 0 saturated heterocycles. The molecule has 0 atom stereocenters. The zero-order valence-corrected chi connectivity index (χ0v) is 11.1. The van der Waals surface area contributed by atoms with E-state index in [9.17, 15) is 18.4 Å². The first-order valence-corrected chi connectivity index (χ1v) is 6.49. The Hall–Kier alpha value is -2.18. The van der Waals surface area contributed by atoms with Crippen molar-refractivity contribution < 1.29 is 28.2 Å². The van der Waals surface area contributed by atoms with Gasteiger partial charge in [0.15, 0.2) is 0 Å². The van der Waals surface area contributed by atoms with E-state index in [0.717, 1.165) is 6.42 Å². The van der Waals surface area contributed by atoms with Gasteiger partial charge < -0.3 is 15.2 Å². The van der Waals surface area contributed by atoms with E-state index in [0.29, 0.717) is 18.5 Å². The Morgan fingerprint density at radius 1 is 1.29 bits per heavy atom. The summed E-state index contributed by atoms with van der Waals surface area (Å²) < 4.78 is 28.2. The minimum atomic E-state index is -2.90. The van der Waals surface area contributed by atoms with E-state index in [1.165, 1.54) is 24.3 Å². The molecule has 2 rings (SSSR count). The number of nitrogens with one attached hydrogen (secondary N) is 1. The number of carbonyl (C=O) groups excluding carboxylic acids is 1. The molecule has 0 aliphatic heterocycles. The van der Waals surface area contributed by atoms with E-state index >= 15 is 0 Å². The lowest BCUT2D eigenvalue weighted by Gasteiger charge is -2.36. The molecule has 1 aromatic rings. The second-order valence-corrected chi connectivity index (χ2v) is 5.07. The number of carboxylic acids is 1. The van der Waals surface area contributed by atoms with Crippen LogP contribution in [-0.2, 0) is 9.59 Å². The summed E-state index contributed by atoms with van der Waals surface area (Å²) in [7, 11) is 0. The number of hydrogen-bond acceptors (Lipinski definition) is 3. The predicted octanol–water partition coefficient (Wildman–Crippen LogP) is 2.87. The van der Waals surface area contributed by atoms with Gasteiger partial charge in [-0.15, -0.1) is 0 Å². The summed E-state index contributed by atoms with van der Waals surface area (Å²) in [4.78, 5) is 23.0. The van der Waals surface area contributed by atoms with Crippen molar-refractivity contribution in [2.45, 2.75) is 32.3 Å². The third-order valence-electron chi connectivity index (χ3n) is 3.63. The average Bonchev–Trinajstić information content (AvgIpc) is 2.35. The van der Waals surface area contributed by atoms with Gasteiger partial charge in [0.25, 0.3) is 0 Å². The van der Waals surface area contributed by atoms with E-state index in [4.69, 9.17) is 5.11 Å². The molecule has 5 nitrogen and oxygen atoms in total. The summed E-state index contributed by atoms with van der Waals surface area (Å²) in [5, 5.41) is 11.7. The number of alkyl halides is 2. The van der Waals surface area contributed by atoms with Crippen LogP contribution in [0.2, 0.25) is 0 Å². The van der Waals surface area contributed by atoms with Crippen LogP contribution >= 0.6 is 0 Å². The summed E-state index contributed by atoms with van der Waals surface area (Å²) in [6.45, 7) is -2.90. The summed E-state index contributed by atoms with van der Waals surface area (Å²) in [5.74, 6) is -1.37. The second-order valence-electron chi connectivity index (χ2n) is 5.07. The normalized spacial score (nSPS) is 16.1. The minimum absolute atomic E-state index is 0.0102. The molecule has 1 saturated carbocycles. The number of carbonyl (C=O) groups is 2. The van der Waals surface area contributed by atoms with E-state index in [-0.39, 0.29) is 12.2 Å². The number of benzene rings is 1. The van der Waals surface area contributed by atoms with Gasteiger partial charge in [-0.05, 0) is 37.1 Å². The molecule has 2 N–H and O–H groups in total. The van der Waals surface area contributed by atoms with Gasteiger partial charge in [0.1, 0.15) is 5.75 Å². The minimum Gasteiger partial charge on any atom is -0.481 e. The zero-order valence-electron chi connectivity index (χ0n) is 11.1. The van der Waals surface area contributed by atoms with E-state index in [1.807, 2.05) is 0 Å². The Morgan fingerprint density at radius 3 is 2.33 bits per heavy atom.